The molecule has 0 aliphatic carbocycles. The molecule has 172 valence electrons. The molecule has 3 rings (SSSR count). The van der Waals surface area contributed by atoms with Crippen molar-refractivity contribution >= 4 is 44.6 Å². The first-order valence-corrected chi connectivity index (χ1v) is 12.4. The summed E-state index contributed by atoms with van der Waals surface area (Å²) in [7, 11) is -3.84. The molecular formula is C23H23N3O5S2. The monoisotopic (exact) mass is 485 g/mol. The number of carbonyl (C=O) groups excluding carboxylic acids is 3. The second kappa shape index (κ2) is 10.4. The maximum atomic E-state index is 12.5. The minimum atomic E-state index is -3.84. The highest BCUT2D eigenvalue weighted by atomic mass is 32.2. The van der Waals surface area contributed by atoms with Crippen molar-refractivity contribution in [3.05, 3.63) is 82.2 Å². The minimum Gasteiger partial charge on any atom is -0.294 e. The fourth-order valence-electron chi connectivity index (χ4n) is 2.92. The van der Waals surface area contributed by atoms with Gasteiger partial charge in [0.25, 0.3) is 15.9 Å². The third-order valence-corrected chi connectivity index (χ3v) is 7.66. The molecule has 0 atom stereocenters. The van der Waals surface area contributed by atoms with Gasteiger partial charge in [-0.25, -0.2) is 8.42 Å². The third-order valence-electron chi connectivity index (χ3n) is 4.90. The van der Waals surface area contributed by atoms with Crippen molar-refractivity contribution in [2.24, 2.45) is 0 Å². The summed E-state index contributed by atoms with van der Waals surface area (Å²) in [4.78, 5) is 37.0. The molecule has 0 saturated heterocycles. The lowest BCUT2D eigenvalue weighted by Crippen LogP contribution is -2.42. The third kappa shape index (κ3) is 6.27. The Morgan fingerprint density at radius 2 is 1.64 bits per heavy atom. The van der Waals surface area contributed by atoms with Crippen LogP contribution < -0.4 is 15.6 Å². The molecule has 0 saturated carbocycles. The summed E-state index contributed by atoms with van der Waals surface area (Å²) in [5, 5.41) is 1.63. The lowest BCUT2D eigenvalue weighted by molar-refractivity contribution is -0.121. The molecule has 3 N–H and O–H groups in total. The number of hydrogen-bond acceptors (Lipinski definition) is 6. The Morgan fingerprint density at radius 3 is 2.33 bits per heavy atom. The van der Waals surface area contributed by atoms with Crippen LogP contribution in [0.5, 0.6) is 0 Å². The number of benzene rings is 2. The molecule has 0 aliphatic rings. The number of Topliss-reactive ketones (excluding diaryl/α,β-unsaturated/α-hetero) is 1. The number of amides is 2. The summed E-state index contributed by atoms with van der Waals surface area (Å²) in [6, 6.07) is 14.5. The van der Waals surface area contributed by atoms with E-state index in [9.17, 15) is 22.8 Å². The molecule has 0 spiro atoms. The summed E-state index contributed by atoms with van der Waals surface area (Å²) in [5.74, 6) is -1.42. The molecule has 0 bridgehead atoms. The van der Waals surface area contributed by atoms with Crippen molar-refractivity contribution in [3.8, 4) is 0 Å². The molecule has 0 fully saturated rings. The van der Waals surface area contributed by atoms with Gasteiger partial charge in [-0.3, -0.25) is 30.0 Å². The van der Waals surface area contributed by atoms with Crippen molar-refractivity contribution in [2.75, 3.05) is 4.72 Å². The molecule has 0 unspecified atom stereocenters. The SMILES string of the molecule is Cc1ccc(C(=O)CCC(=O)NNC(=O)c2ccccc2NS(=O)(=O)c2cccs2)cc1C. The van der Waals surface area contributed by atoms with E-state index in [0.29, 0.717) is 5.56 Å². The fraction of sp³-hybridized carbons (Fsp3) is 0.174. The maximum absolute atomic E-state index is 12.5. The van der Waals surface area contributed by atoms with Crippen molar-refractivity contribution in [2.45, 2.75) is 30.9 Å². The molecule has 1 heterocycles. The molecule has 2 amide bonds. The second-order valence-electron chi connectivity index (χ2n) is 7.31. The molecule has 33 heavy (non-hydrogen) atoms. The number of aryl methyl sites for hydroxylation is 2. The van der Waals surface area contributed by atoms with Crippen molar-refractivity contribution in [3.63, 3.8) is 0 Å². The zero-order valence-electron chi connectivity index (χ0n) is 18.0. The van der Waals surface area contributed by atoms with E-state index in [1.165, 1.54) is 18.2 Å². The first-order valence-electron chi connectivity index (χ1n) is 10.0. The Kier molecular flexibility index (Phi) is 7.62. The molecule has 1 aromatic heterocycles. The number of hydrazine groups is 1. The molecule has 0 aliphatic heterocycles. The highest BCUT2D eigenvalue weighted by Gasteiger charge is 2.20. The van der Waals surface area contributed by atoms with E-state index in [-0.39, 0.29) is 34.1 Å². The first-order chi connectivity index (χ1) is 15.7. The minimum absolute atomic E-state index is 0.0125. The van der Waals surface area contributed by atoms with Gasteiger partial charge < -0.3 is 0 Å². The van der Waals surface area contributed by atoms with Gasteiger partial charge in [0.1, 0.15) is 4.21 Å². The van der Waals surface area contributed by atoms with E-state index < -0.39 is 21.8 Å². The van der Waals surface area contributed by atoms with Gasteiger partial charge in [0, 0.05) is 18.4 Å². The zero-order valence-corrected chi connectivity index (χ0v) is 19.7. The van der Waals surface area contributed by atoms with E-state index in [2.05, 4.69) is 15.6 Å². The average molecular weight is 486 g/mol. The summed E-state index contributed by atoms with van der Waals surface area (Å²) in [6.45, 7) is 3.86. The number of thiophene rings is 1. The lowest BCUT2D eigenvalue weighted by atomic mass is 10.0. The number of nitrogens with one attached hydrogen (secondary N) is 3. The van der Waals surface area contributed by atoms with E-state index >= 15 is 0 Å². The molecular weight excluding hydrogens is 462 g/mol. The summed E-state index contributed by atoms with van der Waals surface area (Å²) >= 11 is 1.05. The predicted molar refractivity (Wildman–Crippen MR) is 127 cm³/mol. The Bertz CT molecular complexity index is 1290. The topological polar surface area (TPSA) is 121 Å². The molecule has 10 heteroatoms. The van der Waals surface area contributed by atoms with Gasteiger partial charge in [-0.2, -0.15) is 0 Å². The van der Waals surface area contributed by atoms with Crippen LogP contribution in [0.4, 0.5) is 5.69 Å². The quantitative estimate of drug-likeness (QED) is 0.333. The van der Waals surface area contributed by atoms with Gasteiger partial charge in [-0.1, -0.05) is 30.3 Å². The van der Waals surface area contributed by atoms with Crippen LogP contribution in [0.2, 0.25) is 0 Å². The maximum Gasteiger partial charge on any atom is 0.271 e. The highest BCUT2D eigenvalue weighted by molar-refractivity contribution is 7.94. The van der Waals surface area contributed by atoms with E-state index in [4.69, 9.17) is 0 Å². The van der Waals surface area contributed by atoms with Crippen LogP contribution in [0, 0.1) is 13.8 Å². The smallest absolute Gasteiger partial charge is 0.271 e. The molecule has 8 nitrogen and oxygen atoms in total. The Hall–Kier alpha value is -3.50. The first kappa shape index (κ1) is 24.1. The average Bonchev–Trinajstić information content (AvgIpc) is 3.34. The molecule has 0 radical (unpaired) electrons. The van der Waals surface area contributed by atoms with E-state index in [0.717, 1.165) is 22.5 Å². The van der Waals surface area contributed by atoms with Gasteiger partial charge >= 0.3 is 0 Å². The van der Waals surface area contributed by atoms with Crippen LogP contribution in [0.15, 0.2) is 64.2 Å². The standard InChI is InChI=1S/C23H23N3O5S2/c1-15-9-10-17(14-16(15)2)20(27)11-12-21(28)24-25-23(29)18-6-3-4-7-19(18)26-33(30,31)22-8-5-13-32-22/h3-10,13-14,26H,11-12H2,1-2H3,(H,24,28)(H,25,29). The van der Waals surface area contributed by atoms with Crippen molar-refractivity contribution in [1.29, 1.82) is 0 Å². The largest absolute Gasteiger partial charge is 0.294 e. The number of para-hydroxylation sites is 1. The number of sulfonamides is 1. The predicted octanol–water partition coefficient (Wildman–Crippen LogP) is 3.59. The number of carbonyl (C=O) groups is 3. The number of anilines is 1. The summed E-state index contributed by atoms with van der Waals surface area (Å²) in [5.41, 5.74) is 7.22. The van der Waals surface area contributed by atoms with E-state index in [1.807, 2.05) is 19.9 Å². The van der Waals surface area contributed by atoms with Gasteiger partial charge in [0.05, 0.1) is 11.3 Å². The van der Waals surface area contributed by atoms with Gasteiger partial charge in [-0.15, -0.1) is 11.3 Å². The number of rotatable bonds is 8. The normalized spacial score (nSPS) is 11.0. The van der Waals surface area contributed by atoms with Crippen LogP contribution in [0.25, 0.3) is 0 Å². The second-order valence-corrected chi connectivity index (χ2v) is 10.2. The molecule has 2 aromatic carbocycles. The molecule has 3 aromatic rings. The van der Waals surface area contributed by atoms with E-state index in [1.54, 1.807) is 35.7 Å². The Balaban J connectivity index is 1.57. The van der Waals surface area contributed by atoms with Crippen molar-refractivity contribution < 1.29 is 22.8 Å². The summed E-state index contributed by atoms with van der Waals surface area (Å²) in [6.07, 6.45) is -0.125. The number of hydrogen-bond donors (Lipinski definition) is 3. The lowest BCUT2D eigenvalue weighted by Gasteiger charge is -2.12. The van der Waals surface area contributed by atoms with Gasteiger partial charge in [0.2, 0.25) is 5.91 Å². The van der Waals surface area contributed by atoms with Gasteiger partial charge in [0.15, 0.2) is 5.78 Å². The van der Waals surface area contributed by atoms with Crippen LogP contribution in [-0.2, 0) is 14.8 Å². The fourth-order valence-corrected chi connectivity index (χ4v) is 5.00. The van der Waals surface area contributed by atoms with Crippen molar-refractivity contribution in [1.82, 2.24) is 10.9 Å². The number of ketones is 1. The zero-order chi connectivity index (χ0) is 24.0. The van der Waals surface area contributed by atoms with Crippen LogP contribution in [-0.4, -0.2) is 26.0 Å². The van der Waals surface area contributed by atoms with Crippen LogP contribution >= 0.6 is 11.3 Å². The Morgan fingerprint density at radius 1 is 0.879 bits per heavy atom. The van der Waals surface area contributed by atoms with Crippen LogP contribution in [0.3, 0.4) is 0 Å². The highest BCUT2D eigenvalue weighted by Crippen LogP contribution is 2.22. The van der Waals surface area contributed by atoms with Gasteiger partial charge in [-0.05, 0) is 54.6 Å². The Labute approximate surface area is 196 Å². The van der Waals surface area contributed by atoms with Crippen LogP contribution in [0.1, 0.15) is 44.7 Å². The summed E-state index contributed by atoms with van der Waals surface area (Å²) < 4.78 is 27.4.